The Labute approximate surface area is 200 Å². The molecule has 0 spiro atoms. The second-order valence-corrected chi connectivity index (χ2v) is 12.1. The number of ketones is 1. The number of carbonyl (C=O) groups excluding carboxylic acids is 1. The smallest absolute Gasteiger partial charge is 0.232 e. The average Bonchev–Trinajstić information content (AvgIpc) is 3.21. The summed E-state index contributed by atoms with van der Waals surface area (Å²) in [5, 5.41) is 9.93. The summed E-state index contributed by atoms with van der Waals surface area (Å²) >= 11 is 1.60. The first kappa shape index (κ1) is 21.7. The zero-order valence-electron chi connectivity index (χ0n) is 19.7. The molecule has 0 N–H and O–H groups in total. The minimum atomic E-state index is -0.120. The normalized spacial score (nSPS) is 31.7. The van der Waals surface area contributed by atoms with E-state index in [0.717, 1.165) is 66.9 Å². The van der Waals surface area contributed by atoms with Crippen molar-refractivity contribution in [3.05, 3.63) is 29.8 Å². The molecule has 6 nitrogen and oxygen atoms in total. The van der Waals surface area contributed by atoms with E-state index in [4.69, 9.17) is 4.74 Å². The number of thioether (sulfide) groups is 1. The summed E-state index contributed by atoms with van der Waals surface area (Å²) < 4.78 is 7.72. The Bertz CT molecular complexity index is 1010. The van der Waals surface area contributed by atoms with Crippen LogP contribution in [0.25, 0.3) is 5.69 Å². The van der Waals surface area contributed by atoms with Gasteiger partial charge in [0, 0.05) is 18.5 Å². The highest BCUT2D eigenvalue weighted by Crippen LogP contribution is 2.61. The number of Topliss-reactive ketones (excluding diaryl/α,β-unsaturated/α-hetero) is 1. The molecule has 33 heavy (non-hydrogen) atoms. The molecule has 4 aliphatic carbocycles. The number of hydrogen-bond acceptors (Lipinski definition) is 6. The van der Waals surface area contributed by atoms with E-state index in [1.54, 1.807) is 11.8 Å². The average molecular weight is 467 g/mol. The summed E-state index contributed by atoms with van der Waals surface area (Å²) in [5.41, 5.74) is 2.18. The third-order valence-electron chi connectivity index (χ3n) is 8.48. The fourth-order valence-electron chi connectivity index (χ4n) is 7.39. The van der Waals surface area contributed by atoms with Gasteiger partial charge >= 0.3 is 0 Å². The number of aryl methyl sites for hydroxylation is 1. The number of carbonyl (C=O) groups is 1. The highest BCUT2D eigenvalue weighted by atomic mass is 32.2. The lowest BCUT2D eigenvalue weighted by Crippen LogP contribution is -2.51. The lowest BCUT2D eigenvalue weighted by molar-refractivity contribution is -0.142. The van der Waals surface area contributed by atoms with Crippen molar-refractivity contribution in [2.24, 2.45) is 23.2 Å². The lowest BCUT2D eigenvalue weighted by Gasteiger charge is -2.56. The quantitative estimate of drug-likeness (QED) is 0.576. The van der Waals surface area contributed by atoms with Crippen LogP contribution in [-0.2, 0) is 9.53 Å². The monoisotopic (exact) mass is 466 g/mol. The maximum Gasteiger partial charge on any atom is 0.232 e. The number of nitrogens with zero attached hydrogens (tertiary/aromatic N) is 4. The molecule has 0 radical (unpaired) electrons. The third kappa shape index (κ3) is 3.81. The summed E-state index contributed by atoms with van der Waals surface area (Å²) in [4.78, 5) is 16.2. The molecular weight excluding hydrogens is 432 g/mol. The fraction of sp³-hybridized carbons (Fsp3) is 0.654. The number of anilines is 1. The highest BCUT2D eigenvalue weighted by molar-refractivity contribution is 8.00. The van der Waals surface area contributed by atoms with Gasteiger partial charge in [-0.3, -0.25) is 9.36 Å². The van der Waals surface area contributed by atoms with Gasteiger partial charge in [0.1, 0.15) is 0 Å². The second kappa shape index (κ2) is 8.42. The molecule has 0 amide bonds. The Morgan fingerprint density at radius 2 is 1.70 bits per heavy atom. The van der Waals surface area contributed by atoms with Crippen molar-refractivity contribution in [1.29, 1.82) is 0 Å². The molecule has 2 heterocycles. The lowest BCUT2D eigenvalue weighted by atomic mass is 9.48. The van der Waals surface area contributed by atoms with Gasteiger partial charge in [0.15, 0.2) is 10.9 Å². The number of rotatable bonds is 6. The molecule has 5 fully saturated rings. The van der Waals surface area contributed by atoms with Crippen LogP contribution < -0.4 is 4.90 Å². The predicted molar refractivity (Wildman–Crippen MR) is 130 cm³/mol. The molecule has 1 aromatic carbocycles. The SMILES string of the molecule is Cc1ccccc1-n1c(SC(C)C(=O)C23CC4CC(CC(C4)C2)C3)nnc1N1CCOCC1. The standard InChI is InChI=1S/C26H34N4O2S/c1-17-5-3-4-6-22(17)30-24(29-7-9-32-10-8-29)27-28-25(30)33-18(2)23(31)26-14-19-11-20(15-26)13-21(12-19)16-26/h3-6,18-21H,7-16H2,1-2H3. The van der Waals surface area contributed by atoms with Crippen LogP contribution in [0, 0.1) is 30.1 Å². The number of morpholine rings is 1. The molecule has 5 aliphatic rings. The first-order valence-electron chi connectivity index (χ1n) is 12.6. The van der Waals surface area contributed by atoms with E-state index in [0.29, 0.717) is 19.0 Å². The first-order chi connectivity index (χ1) is 16.0. The Balaban J connectivity index is 1.30. The summed E-state index contributed by atoms with van der Waals surface area (Å²) in [5.74, 6) is 3.64. The van der Waals surface area contributed by atoms with E-state index < -0.39 is 0 Å². The predicted octanol–water partition coefficient (Wildman–Crippen LogP) is 4.68. The molecule has 1 atom stereocenters. The summed E-state index contributed by atoms with van der Waals surface area (Å²) in [6.45, 7) is 7.22. The van der Waals surface area contributed by atoms with Gasteiger partial charge in [0.25, 0.3) is 0 Å². The molecule has 4 saturated carbocycles. The van der Waals surface area contributed by atoms with Gasteiger partial charge in [0.2, 0.25) is 5.95 Å². The van der Waals surface area contributed by atoms with Crippen LogP contribution in [-0.4, -0.2) is 52.1 Å². The van der Waals surface area contributed by atoms with Crippen molar-refractivity contribution in [3.63, 3.8) is 0 Å². The van der Waals surface area contributed by atoms with Crippen molar-refractivity contribution in [1.82, 2.24) is 14.8 Å². The van der Waals surface area contributed by atoms with E-state index in [1.807, 2.05) is 0 Å². The van der Waals surface area contributed by atoms with Crippen LogP contribution in [0.4, 0.5) is 5.95 Å². The van der Waals surface area contributed by atoms with E-state index in [1.165, 1.54) is 24.8 Å². The van der Waals surface area contributed by atoms with Crippen LogP contribution in [0.15, 0.2) is 29.4 Å². The summed E-state index contributed by atoms with van der Waals surface area (Å²) in [7, 11) is 0. The largest absolute Gasteiger partial charge is 0.378 e. The Morgan fingerprint density at radius 1 is 1.06 bits per heavy atom. The molecule has 2 aromatic rings. The van der Waals surface area contributed by atoms with Crippen molar-refractivity contribution in [2.75, 3.05) is 31.2 Å². The van der Waals surface area contributed by atoms with Gasteiger partial charge in [-0.1, -0.05) is 30.0 Å². The molecule has 1 saturated heterocycles. The van der Waals surface area contributed by atoms with Crippen molar-refractivity contribution in [3.8, 4) is 5.69 Å². The zero-order valence-corrected chi connectivity index (χ0v) is 20.5. The maximum atomic E-state index is 13.9. The van der Waals surface area contributed by atoms with Gasteiger partial charge in [-0.2, -0.15) is 0 Å². The van der Waals surface area contributed by atoms with Crippen LogP contribution in [0.3, 0.4) is 0 Å². The zero-order chi connectivity index (χ0) is 22.6. The molecule has 1 unspecified atom stereocenters. The molecular formula is C26H34N4O2S. The van der Waals surface area contributed by atoms with Gasteiger partial charge in [-0.05, 0) is 81.8 Å². The van der Waals surface area contributed by atoms with E-state index in [2.05, 4.69) is 57.8 Å². The Hall–Kier alpha value is -1.86. The molecule has 1 aromatic heterocycles. The minimum absolute atomic E-state index is 0.0816. The number of aromatic nitrogens is 3. The van der Waals surface area contributed by atoms with Crippen LogP contribution >= 0.6 is 11.8 Å². The number of hydrogen-bond donors (Lipinski definition) is 0. The summed E-state index contributed by atoms with van der Waals surface area (Å²) in [6, 6.07) is 8.36. The molecule has 7 heteroatoms. The summed E-state index contributed by atoms with van der Waals surface area (Å²) in [6.07, 6.45) is 7.43. The van der Waals surface area contributed by atoms with Gasteiger partial charge in [0.05, 0.1) is 24.2 Å². The molecule has 4 bridgehead atoms. The van der Waals surface area contributed by atoms with Crippen molar-refractivity contribution < 1.29 is 9.53 Å². The first-order valence-corrected chi connectivity index (χ1v) is 13.5. The van der Waals surface area contributed by atoms with E-state index >= 15 is 0 Å². The van der Waals surface area contributed by atoms with Gasteiger partial charge in [-0.15, -0.1) is 10.2 Å². The fourth-order valence-corrected chi connectivity index (χ4v) is 8.43. The maximum absolute atomic E-state index is 13.9. The van der Waals surface area contributed by atoms with E-state index in [-0.39, 0.29) is 10.7 Å². The number of para-hydroxylation sites is 1. The topological polar surface area (TPSA) is 60.2 Å². The minimum Gasteiger partial charge on any atom is -0.378 e. The molecule has 176 valence electrons. The Kier molecular flexibility index (Phi) is 5.52. The highest BCUT2D eigenvalue weighted by Gasteiger charge is 2.55. The second-order valence-electron chi connectivity index (χ2n) is 10.8. The van der Waals surface area contributed by atoms with Crippen LogP contribution in [0.2, 0.25) is 0 Å². The number of ether oxygens (including phenoxy) is 1. The third-order valence-corrected chi connectivity index (χ3v) is 9.52. The van der Waals surface area contributed by atoms with Gasteiger partial charge in [-0.25, -0.2) is 0 Å². The van der Waals surface area contributed by atoms with Crippen LogP contribution in [0.1, 0.15) is 51.0 Å². The van der Waals surface area contributed by atoms with Crippen molar-refractivity contribution in [2.45, 2.75) is 62.8 Å². The molecule has 7 rings (SSSR count). The Morgan fingerprint density at radius 3 is 2.33 bits per heavy atom. The van der Waals surface area contributed by atoms with Gasteiger partial charge < -0.3 is 9.64 Å². The van der Waals surface area contributed by atoms with Crippen LogP contribution in [0.5, 0.6) is 0 Å². The van der Waals surface area contributed by atoms with E-state index in [9.17, 15) is 4.79 Å². The van der Waals surface area contributed by atoms with Crippen molar-refractivity contribution >= 4 is 23.5 Å². The molecule has 1 aliphatic heterocycles. The number of benzene rings is 1.